The molecule has 2 unspecified atom stereocenters. The average molecular weight is 489 g/mol. The summed E-state index contributed by atoms with van der Waals surface area (Å²) in [7, 11) is 0. The summed E-state index contributed by atoms with van der Waals surface area (Å²) in [5, 5.41) is 11.1. The first-order chi connectivity index (χ1) is 14.1. The Labute approximate surface area is 179 Å². The van der Waals surface area contributed by atoms with E-state index in [4.69, 9.17) is 14.6 Å². The fourth-order valence-electron chi connectivity index (χ4n) is 3.42. The van der Waals surface area contributed by atoms with Gasteiger partial charge < -0.3 is 19.9 Å². The quantitative estimate of drug-likeness (QED) is 0.555. The number of hydrogen-bond acceptors (Lipinski definition) is 4. The van der Waals surface area contributed by atoms with Crippen molar-refractivity contribution in [2.45, 2.75) is 38.6 Å². The second kappa shape index (κ2) is 8.71. The standard InChI is InChI=1S/C20H20BrF3N2O4/c1-10(5-11(2)26-19(27)28)9-29-17-7-16-13(6-15(17)21)12-3-4-25-8-14(12)18(30-16)20(22,23)24/h3-4,6-8,10-11,18,26H,5,9H2,1-2H3,(H,27,28)/t10?,11-,18?/m0/s1. The highest BCUT2D eigenvalue weighted by Gasteiger charge is 2.46. The van der Waals surface area contributed by atoms with Crippen molar-refractivity contribution in [3.05, 3.63) is 40.6 Å². The molecule has 2 N–H and O–H groups in total. The van der Waals surface area contributed by atoms with Gasteiger partial charge in [0.15, 0.2) is 0 Å². The minimum Gasteiger partial charge on any atom is -0.492 e. The normalized spacial score (nSPS) is 17.2. The number of amides is 1. The maximum absolute atomic E-state index is 13.5. The molecule has 0 saturated heterocycles. The van der Waals surface area contributed by atoms with Crippen LogP contribution in [0.2, 0.25) is 0 Å². The number of hydrogen-bond donors (Lipinski definition) is 2. The van der Waals surface area contributed by atoms with Crippen molar-refractivity contribution >= 4 is 22.0 Å². The van der Waals surface area contributed by atoms with Gasteiger partial charge in [-0.05, 0) is 52.9 Å². The zero-order chi connectivity index (χ0) is 22.1. The molecule has 0 bridgehead atoms. The zero-order valence-electron chi connectivity index (χ0n) is 16.2. The van der Waals surface area contributed by atoms with Gasteiger partial charge in [0.05, 0.1) is 11.1 Å². The molecule has 1 aliphatic heterocycles. The summed E-state index contributed by atoms with van der Waals surface area (Å²) >= 11 is 3.41. The van der Waals surface area contributed by atoms with Gasteiger partial charge in [-0.25, -0.2) is 4.79 Å². The summed E-state index contributed by atoms with van der Waals surface area (Å²) in [4.78, 5) is 14.5. The number of alkyl halides is 3. The number of benzene rings is 1. The first-order valence-corrected chi connectivity index (χ1v) is 9.99. The molecular weight excluding hydrogens is 469 g/mol. The Morgan fingerprint density at radius 1 is 1.37 bits per heavy atom. The van der Waals surface area contributed by atoms with Crippen LogP contribution in [0.25, 0.3) is 11.1 Å². The fraction of sp³-hybridized carbons (Fsp3) is 0.400. The molecule has 0 fully saturated rings. The van der Waals surface area contributed by atoms with Crippen LogP contribution in [-0.2, 0) is 0 Å². The van der Waals surface area contributed by atoms with E-state index in [-0.39, 0.29) is 29.9 Å². The van der Waals surface area contributed by atoms with Gasteiger partial charge in [-0.2, -0.15) is 13.2 Å². The van der Waals surface area contributed by atoms with Crippen LogP contribution in [0.4, 0.5) is 18.0 Å². The molecular formula is C20H20BrF3N2O4. The lowest BCUT2D eigenvalue weighted by atomic mass is 9.94. The van der Waals surface area contributed by atoms with Crippen LogP contribution in [0.15, 0.2) is 35.1 Å². The third-order valence-corrected chi connectivity index (χ3v) is 5.27. The summed E-state index contributed by atoms with van der Waals surface area (Å²) in [6, 6.07) is 4.37. The van der Waals surface area contributed by atoms with Gasteiger partial charge in [0, 0.05) is 35.6 Å². The van der Waals surface area contributed by atoms with Crippen molar-refractivity contribution in [2.75, 3.05) is 6.61 Å². The monoisotopic (exact) mass is 488 g/mol. The van der Waals surface area contributed by atoms with E-state index < -0.39 is 18.4 Å². The first-order valence-electron chi connectivity index (χ1n) is 9.19. The van der Waals surface area contributed by atoms with Crippen LogP contribution in [0.1, 0.15) is 31.9 Å². The zero-order valence-corrected chi connectivity index (χ0v) is 17.8. The van der Waals surface area contributed by atoms with E-state index in [1.807, 2.05) is 6.92 Å². The Morgan fingerprint density at radius 3 is 2.77 bits per heavy atom. The maximum Gasteiger partial charge on any atom is 0.429 e. The lowest BCUT2D eigenvalue weighted by Crippen LogP contribution is -2.33. The molecule has 3 atom stereocenters. The molecule has 3 rings (SSSR count). The highest BCUT2D eigenvalue weighted by Crippen LogP contribution is 2.50. The molecule has 0 radical (unpaired) electrons. The second-order valence-corrected chi connectivity index (χ2v) is 8.14. The molecule has 1 aliphatic rings. The Balaban J connectivity index is 1.81. The van der Waals surface area contributed by atoms with E-state index in [1.54, 1.807) is 13.0 Å². The molecule has 0 aliphatic carbocycles. The first kappa shape index (κ1) is 22.2. The molecule has 6 nitrogen and oxygen atoms in total. The van der Waals surface area contributed by atoms with Crippen molar-refractivity contribution < 1.29 is 32.5 Å². The molecule has 10 heteroatoms. The molecule has 0 saturated carbocycles. The van der Waals surface area contributed by atoms with E-state index in [0.29, 0.717) is 27.8 Å². The van der Waals surface area contributed by atoms with Crippen molar-refractivity contribution in [3.63, 3.8) is 0 Å². The Bertz CT molecular complexity index is 939. The molecule has 30 heavy (non-hydrogen) atoms. The van der Waals surface area contributed by atoms with Gasteiger partial charge in [0.1, 0.15) is 11.5 Å². The summed E-state index contributed by atoms with van der Waals surface area (Å²) in [5.41, 5.74) is 0.883. The second-order valence-electron chi connectivity index (χ2n) is 7.28. The predicted molar refractivity (Wildman–Crippen MR) is 107 cm³/mol. The number of aromatic nitrogens is 1. The fourth-order valence-corrected chi connectivity index (χ4v) is 3.88. The molecule has 0 spiro atoms. The van der Waals surface area contributed by atoms with E-state index in [0.717, 1.165) is 0 Å². The number of carboxylic acid groups (broad SMARTS) is 1. The van der Waals surface area contributed by atoms with Crippen LogP contribution in [0, 0.1) is 5.92 Å². The number of halogens is 4. The highest BCUT2D eigenvalue weighted by molar-refractivity contribution is 9.10. The number of nitrogens with one attached hydrogen (secondary N) is 1. The lowest BCUT2D eigenvalue weighted by molar-refractivity contribution is -0.198. The molecule has 1 aromatic heterocycles. The number of pyridine rings is 1. The number of ether oxygens (including phenoxy) is 2. The van der Waals surface area contributed by atoms with Crippen LogP contribution < -0.4 is 14.8 Å². The third kappa shape index (κ3) is 4.97. The molecule has 2 aromatic rings. The van der Waals surface area contributed by atoms with Crippen LogP contribution in [0.5, 0.6) is 11.5 Å². The summed E-state index contributed by atoms with van der Waals surface area (Å²) in [5.74, 6) is 0.422. The van der Waals surface area contributed by atoms with E-state index >= 15 is 0 Å². The van der Waals surface area contributed by atoms with Gasteiger partial charge >= 0.3 is 12.3 Å². The number of nitrogens with zero attached hydrogens (tertiary/aromatic N) is 1. The van der Waals surface area contributed by atoms with Crippen LogP contribution in [-0.4, -0.2) is 35.0 Å². The van der Waals surface area contributed by atoms with E-state index in [9.17, 15) is 18.0 Å². The van der Waals surface area contributed by atoms with Crippen molar-refractivity contribution in [3.8, 4) is 22.6 Å². The Kier molecular flexibility index (Phi) is 6.44. The molecule has 1 aromatic carbocycles. The topological polar surface area (TPSA) is 80.7 Å². The number of carbonyl (C=O) groups is 1. The minimum atomic E-state index is -4.59. The van der Waals surface area contributed by atoms with Crippen molar-refractivity contribution in [1.82, 2.24) is 10.3 Å². The number of fused-ring (bicyclic) bond motifs is 3. The molecule has 1 amide bonds. The largest absolute Gasteiger partial charge is 0.492 e. The van der Waals surface area contributed by atoms with E-state index in [2.05, 4.69) is 26.2 Å². The SMILES string of the molecule is CC(COc1cc2c(cc1Br)-c1ccncc1C(C(F)(F)F)O2)C[C@H](C)NC(=O)O. The van der Waals surface area contributed by atoms with Gasteiger partial charge in [-0.1, -0.05) is 6.92 Å². The third-order valence-electron chi connectivity index (χ3n) is 4.65. The smallest absolute Gasteiger partial charge is 0.429 e. The molecule has 2 heterocycles. The van der Waals surface area contributed by atoms with E-state index in [1.165, 1.54) is 24.5 Å². The lowest BCUT2D eigenvalue weighted by Gasteiger charge is -2.30. The Morgan fingerprint density at radius 2 is 2.10 bits per heavy atom. The average Bonchev–Trinajstić information content (AvgIpc) is 2.64. The minimum absolute atomic E-state index is 0.00502. The summed E-state index contributed by atoms with van der Waals surface area (Å²) < 4.78 is 52.2. The molecule has 162 valence electrons. The number of rotatable bonds is 6. The van der Waals surface area contributed by atoms with Gasteiger partial charge in [-0.15, -0.1) is 0 Å². The van der Waals surface area contributed by atoms with Crippen LogP contribution >= 0.6 is 15.9 Å². The highest BCUT2D eigenvalue weighted by atomic mass is 79.9. The Hall–Kier alpha value is -2.49. The van der Waals surface area contributed by atoms with Crippen molar-refractivity contribution in [1.29, 1.82) is 0 Å². The van der Waals surface area contributed by atoms with Crippen LogP contribution in [0.3, 0.4) is 0 Å². The van der Waals surface area contributed by atoms with Gasteiger partial charge in [0.25, 0.3) is 0 Å². The van der Waals surface area contributed by atoms with Gasteiger partial charge in [-0.3, -0.25) is 4.98 Å². The summed E-state index contributed by atoms with van der Waals surface area (Å²) in [6.45, 7) is 3.90. The summed E-state index contributed by atoms with van der Waals surface area (Å²) in [6.07, 6.45) is -4.64. The van der Waals surface area contributed by atoms with Crippen molar-refractivity contribution in [2.24, 2.45) is 5.92 Å². The maximum atomic E-state index is 13.5. The van der Waals surface area contributed by atoms with Gasteiger partial charge in [0.2, 0.25) is 6.10 Å². The predicted octanol–water partition coefficient (Wildman–Crippen LogP) is 5.57.